The van der Waals surface area contributed by atoms with E-state index in [0.717, 1.165) is 38.2 Å². The molecular formula is C18H21N5. The molecule has 0 spiro atoms. The summed E-state index contributed by atoms with van der Waals surface area (Å²) in [5.74, 6) is 0. The van der Waals surface area contributed by atoms with E-state index in [1.165, 1.54) is 22.3 Å². The first kappa shape index (κ1) is 14.2. The Kier molecular flexibility index (Phi) is 3.71. The molecule has 0 atom stereocenters. The van der Waals surface area contributed by atoms with Gasteiger partial charge in [-0.25, -0.2) is 0 Å². The Balaban J connectivity index is 1.41. The fourth-order valence-corrected chi connectivity index (χ4v) is 3.26. The highest BCUT2D eigenvalue weighted by atomic mass is 15.3. The summed E-state index contributed by atoms with van der Waals surface area (Å²) in [6, 6.07) is 10.5. The number of aryl methyl sites for hydroxylation is 1. The monoisotopic (exact) mass is 307 g/mol. The van der Waals surface area contributed by atoms with E-state index in [1.807, 2.05) is 12.4 Å². The van der Waals surface area contributed by atoms with Crippen LogP contribution in [0.3, 0.4) is 0 Å². The maximum atomic E-state index is 4.50. The van der Waals surface area contributed by atoms with Crippen LogP contribution in [0.1, 0.15) is 11.3 Å². The predicted molar refractivity (Wildman–Crippen MR) is 92.5 cm³/mol. The summed E-state index contributed by atoms with van der Waals surface area (Å²) in [4.78, 5) is 6.97. The SMILES string of the molecule is Cc1cccc2c(NCCN3CCn4nccc4C3)ccnc12. The van der Waals surface area contributed by atoms with E-state index in [1.54, 1.807) is 0 Å². The first-order valence-electron chi connectivity index (χ1n) is 8.12. The molecule has 0 unspecified atom stereocenters. The number of fused-ring (bicyclic) bond motifs is 2. The summed E-state index contributed by atoms with van der Waals surface area (Å²) < 4.78 is 2.10. The molecule has 3 aromatic rings. The van der Waals surface area contributed by atoms with Crippen LogP contribution in [0.2, 0.25) is 0 Å². The molecule has 0 fully saturated rings. The molecular weight excluding hydrogens is 286 g/mol. The van der Waals surface area contributed by atoms with Gasteiger partial charge in [-0.3, -0.25) is 14.6 Å². The van der Waals surface area contributed by atoms with E-state index in [9.17, 15) is 0 Å². The summed E-state index contributed by atoms with van der Waals surface area (Å²) in [6.45, 7) is 7.10. The van der Waals surface area contributed by atoms with Crippen LogP contribution in [0, 0.1) is 6.92 Å². The van der Waals surface area contributed by atoms with Crippen LogP contribution >= 0.6 is 0 Å². The highest BCUT2D eigenvalue weighted by Crippen LogP contribution is 2.23. The number of para-hydroxylation sites is 1. The molecule has 1 aliphatic rings. The van der Waals surface area contributed by atoms with Gasteiger partial charge in [-0.05, 0) is 24.6 Å². The number of pyridine rings is 1. The van der Waals surface area contributed by atoms with Crippen molar-refractivity contribution in [1.82, 2.24) is 19.7 Å². The van der Waals surface area contributed by atoms with Crippen molar-refractivity contribution in [2.24, 2.45) is 0 Å². The van der Waals surface area contributed by atoms with Crippen LogP contribution in [0.4, 0.5) is 5.69 Å². The zero-order valence-corrected chi connectivity index (χ0v) is 13.4. The second kappa shape index (κ2) is 6.01. The lowest BCUT2D eigenvalue weighted by atomic mass is 10.1. The fraction of sp³-hybridized carbons (Fsp3) is 0.333. The summed E-state index contributed by atoms with van der Waals surface area (Å²) in [5, 5.41) is 9.10. The highest BCUT2D eigenvalue weighted by Gasteiger charge is 2.15. The van der Waals surface area contributed by atoms with E-state index in [-0.39, 0.29) is 0 Å². The number of anilines is 1. The van der Waals surface area contributed by atoms with Crippen molar-refractivity contribution in [2.45, 2.75) is 20.0 Å². The van der Waals surface area contributed by atoms with Crippen LogP contribution < -0.4 is 5.32 Å². The highest BCUT2D eigenvalue weighted by molar-refractivity contribution is 5.92. The summed E-state index contributed by atoms with van der Waals surface area (Å²) in [7, 11) is 0. The van der Waals surface area contributed by atoms with Gasteiger partial charge in [-0.1, -0.05) is 18.2 Å². The van der Waals surface area contributed by atoms with Gasteiger partial charge in [-0.2, -0.15) is 5.10 Å². The van der Waals surface area contributed by atoms with Gasteiger partial charge in [0, 0.05) is 49.6 Å². The molecule has 2 aromatic heterocycles. The molecule has 1 aliphatic heterocycles. The molecule has 0 saturated carbocycles. The number of rotatable bonds is 4. The Morgan fingerprint density at radius 1 is 1.13 bits per heavy atom. The number of aromatic nitrogens is 3. The lowest BCUT2D eigenvalue weighted by molar-refractivity contribution is 0.221. The second-order valence-corrected chi connectivity index (χ2v) is 6.08. The Bertz CT molecular complexity index is 823. The molecule has 0 saturated heterocycles. The summed E-state index contributed by atoms with van der Waals surface area (Å²) in [5.41, 5.74) is 4.77. The van der Waals surface area contributed by atoms with Gasteiger partial charge in [-0.15, -0.1) is 0 Å². The van der Waals surface area contributed by atoms with Crippen molar-refractivity contribution >= 4 is 16.6 Å². The normalized spacial score (nSPS) is 14.8. The van der Waals surface area contributed by atoms with Crippen LogP contribution in [0.25, 0.3) is 10.9 Å². The van der Waals surface area contributed by atoms with Crippen molar-refractivity contribution in [3.8, 4) is 0 Å². The van der Waals surface area contributed by atoms with Gasteiger partial charge in [0.15, 0.2) is 0 Å². The van der Waals surface area contributed by atoms with Gasteiger partial charge in [0.1, 0.15) is 0 Å². The van der Waals surface area contributed by atoms with Crippen LogP contribution in [0.15, 0.2) is 42.7 Å². The fourth-order valence-electron chi connectivity index (χ4n) is 3.26. The molecule has 0 radical (unpaired) electrons. The largest absolute Gasteiger partial charge is 0.383 e. The number of hydrogen-bond donors (Lipinski definition) is 1. The third kappa shape index (κ3) is 2.80. The van der Waals surface area contributed by atoms with Gasteiger partial charge >= 0.3 is 0 Å². The molecule has 23 heavy (non-hydrogen) atoms. The van der Waals surface area contributed by atoms with E-state index >= 15 is 0 Å². The van der Waals surface area contributed by atoms with Gasteiger partial charge in [0.05, 0.1) is 17.8 Å². The number of hydrogen-bond acceptors (Lipinski definition) is 4. The average Bonchev–Trinajstić information content (AvgIpc) is 3.03. The van der Waals surface area contributed by atoms with Crippen molar-refractivity contribution in [3.63, 3.8) is 0 Å². The Hall–Kier alpha value is -2.40. The first-order chi connectivity index (χ1) is 11.3. The molecule has 118 valence electrons. The van der Waals surface area contributed by atoms with E-state index in [0.29, 0.717) is 0 Å². The van der Waals surface area contributed by atoms with Crippen molar-refractivity contribution in [3.05, 3.63) is 54.0 Å². The third-order valence-electron chi connectivity index (χ3n) is 4.53. The molecule has 0 amide bonds. The van der Waals surface area contributed by atoms with Gasteiger partial charge in [0.2, 0.25) is 0 Å². The Morgan fingerprint density at radius 2 is 2.09 bits per heavy atom. The molecule has 5 heteroatoms. The first-order valence-corrected chi connectivity index (χ1v) is 8.12. The molecule has 1 N–H and O–H groups in total. The zero-order chi connectivity index (χ0) is 15.6. The second-order valence-electron chi connectivity index (χ2n) is 6.08. The molecule has 5 nitrogen and oxygen atoms in total. The van der Waals surface area contributed by atoms with Crippen molar-refractivity contribution in [2.75, 3.05) is 25.0 Å². The molecule has 1 aromatic carbocycles. The van der Waals surface area contributed by atoms with Gasteiger partial charge < -0.3 is 5.32 Å². The number of benzene rings is 1. The summed E-state index contributed by atoms with van der Waals surface area (Å²) in [6.07, 6.45) is 3.78. The van der Waals surface area contributed by atoms with E-state index in [4.69, 9.17) is 0 Å². The molecule has 0 bridgehead atoms. The third-order valence-corrected chi connectivity index (χ3v) is 4.53. The molecule has 4 rings (SSSR count). The van der Waals surface area contributed by atoms with Crippen LogP contribution in [-0.4, -0.2) is 39.3 Å². The number of nitrogens with zero attached hydrogens (tertiary/aromatic N) is 4. The zero-order valence-electron chi connectivity index (χ0n) is 13.4. The van der Waals surface area contributed by atoms with Crippen molar-refractivity contribution < 1.29 is 0 Å². The summed E-state index contributed by atoms with van der Waals surface area (Å²) >= 11 is 0. The van der Waals surface area contributed by atoms with Gasteiger partial charge in [0.25, 0.3) is 0 Å². The number of nitrogens with one attached hydrogen (secondary N) is 1. The predicted octanol–water partition coefficient (Wildman–Crippen LogP) is 2.67. The van der Waals surface area contributed by atoms with Crippen LogP contribution in [0.5, 0.6) is 0 Å². The molecule has 0 aliphatic carbocycles. The van der Waals surface area contributed by atoms with Crippen molar-refractivity contribution in [1.29, 1.82) is 0 Å². The van der Waals surface area contributed by atoms with E-state index in [2.05, 4.69) is 62.2 Å². The maximum Gasteiger partial charge on any atom is 0.0751 e. The maximum absolute atomic E-state index is 4.50. The quantitative estimate of drug-likeness (QED) is 0.805. The lowest BCUT2D eigenvalue weighted by Gasteiger charge is -2.27. The standard InChI is InChI=1S/C18H21N5/c1-14-3-2-4-16-17(6-7-20-18(14)16)19-9-10-22-11-12-23-15(13-22)5-8-21-23/h2-8H,9-13H2,1H3,(H,19,20). The molecule has 3 heterocycles. The minimum atomic E-state index is 0.932. The van der Waals surface area contributed by atoms with Crippen LogP contribution in [-0.2, 0) is 13.1 Å². The average molecular weight is 307 g/mol. The lowest BCUT2D eigenvalue weighted by Crippen LogP contribution is -2.36. The Labute approximate surface area is 135 Å². The smallest absolute Gasteiger partial charge is 0.0751 e. The Morgan fingerprint density at radius 3 is 3.04 bits per heavy atom. The topological polar surface area (TPSA) is 46.0 Å². The minimum absolute atomic E-state index is 0.932. The minimum Gasteiger partial charge on any atom is -0.383 e. The van der Waals surface area contributed by atoms with E-state index < -0.39 is 0 Å².